The molecule has 1 heterocycles. The van der Waals surface area contributed by atoms with Gasteiger partial charge in [0.15, 0.2) is 11.2 Å². The van der Waals surface area contributed by atoms with Crippen LogP contribution in [0.5, 0.6) is 5.75 Å². The number of aromatic nitrogens is 1. The summed E-state index contributed by atoms with van der Waals surface area (Å²) in [6.07, 6.45) is 0.933. The third-order valence-electron chi connectivity index (χ3n) is 4.06. The van der Waals surface area contributed by atoms with Gasteiger partial charge in [-0.05, 0) is 56.2 Å². The second-order valence-electron chi connectivity index (χ2n) is 6.39. The number of thiazole rings is 1. The van der Waals surface area contributed by atoms with Gasteiger partial charge in [0.1, 0.15) is 5.75 Å². The number of rotatable bonds is 6. The lowest BCUT2D eigenvalue weighted by molar-refractivity contribution is -0.122. The van der Waals surface area contributed by atoms with E-state index in [4.69, 9.17) is 4.74 Å². The van der Waals surface area contributed by atoms with Crippen molar-refractivity contribution < 1.29 is 14.3 Å². The van der Waals surface area contributed by atoms with E-state index in [-0.39, 0.29) is 11.8 Å². The van der Waals surface area contributed by atoms with Gasteiger partial charge < -0.3 is 10.1 Å². The molecule has 0 aliphatic rings. The lowest BCUT2D eigenvalue weighted by Crippen LogP contribution is -2.30. The minimum absolute atomic E-state index is 0.286. The molecule has 1 unspecified atom stereocenters. The van der Waals surface area contributed by atoms with Crippen molar-refractivity contribution in [2.45, 2.75) is 26.9 Å². The van der Waals surface area contributed by atoms with Crippen molar-refractivity contribution in [2.75, 3.05) is 10.6 Å². The molecule has 0 saturated heterocycles. The Hall–Kier alpha value is -3.19. The van der Waals surface area contributed by atoms with E-state index >= 15 is 0 Å². The fourth-order valence-electron chi connectivity index (χ4n) is 2.51. The van der Waals surface area contributed by atoms with Gasteiger partial charge in [-0.2, -0.15) is 0 Å². The molecule has 144 valence electrons. The van der Waals surface area contributed by atoms with E-state index in [1.54, 1.807) is 42.8 Å². The molecule has 0 bridgehead atoms. The average molecular weight is 395 g/mol. The highest BCUT2D eigenvalue weighted by atomic mass is 32.1. The van der Waals surface area contributed by atoms with E-state index in [1.165, 1.54) is 11.3 Å². The zero-order valence-electron chi connectivity index (χ0n) is 15.9. The van der Waals surface area contributed by atoms with Crippen molar-refractivity contribution in [3.05, 3.63) is 70.7 Å². The van der Waals surface area contributed by atoms with E-state index in [1.807, 2.05) is 32.0 Å². The average Bonchev–Trinajstić information content (AvgIpc) is 3.18. The van der Waals surface area contributed by atoms with Crippen LogP contribution in [0.3, 0.4) is 0 Å². The number of anilines is 2. The number of nitrogens with zero attached hydrogens (tertiary/aromatic N) is 1. The summed E-state index contributed by atoms with van der Waals surface area (Å²) < 4.78 is 5.81. The van der Waals surface area contributed by atoms with Crippen LogP contribution < -0.4 is 15.4 Å². The number of aryl methyl sites for hydroxylation is 2. The van der Waals surface area contributed by atoms with Crippen molar-refractivity contribution in [3.63, 3.8) is 0 Å². The summed E-state index contributed by atoms with van der Waals surface area (Å²) in [5, 5.41) is 7.81. The maximum absolute atomic E-state index is 12.5. The first-order valence-electron chi connectivity index (χ1n) is 8.78. The zero-order valence-corrected chi connectivity index (χ0v) is 16.7. The van der Waals surface area contributed by atoms with Gasteiger partial charge in [-0.15, -0.1) is 11.3 Å². The van der Waals surface area contributed by atoms with Gasteiger partial charge in [0, 0.05) is 22.8 Å². The van der Waals surface area contributed by atoms with E-state index in [9.17, 15) is 9.59 Å². The molecule has 7 heteroatoms. The van der Waals surface area contributed by atoms with Gasteiger partial charge in [-0.3, -0.25) is 14.9 Å². The first-order chi connectivity index (χ1) is 13.4. The molecule has 0 aliphatic heterocycles. The first-order valence-corrected chi connectivity index (χ1v) is 9.66. The van der Waals surface area contributed by atoms with Crippen LogP contribution in [0, 0.1) is 13.8 Å². The maximum atomic E-state index is 12.5. The normalized spacial score (nSPS) is 11.5. The quantitative estimate of drug-likeness (QED) is 0.647. The molecule has 28 heavy (non-hydrogen) atoms. The molecule has 0 aliphatic carbocycles. The van der Waals surface area contributed by atoms with Crippen molar-refractivity contribution in [1.29, 1.82) is 0 Å². The van der Waals surface area contributed by atoms with Crippen LogP contribution >= 0.6 is 11.3 Å². The Morgan fingerprint density at radius 1 is 1.11 bits per heavy atom. The molecule has 2 aromatic carbocycles. The largest absolute Gasteiger partial charge is 0.481 e. The Morgan fingerprint density at radius 2 is 1.93 bits per heavy atom. The lowest BCUT2D eigenvalue weighted by atomic mass is 10.1. The van der Waals surface area contributed by atoms with Crippen molar-refractivity contribution >= 4 is 34.0 Å². The molecule has 0 saturated carbocycles. The molecule has 3 aromatic rings. The van der Waals surface area contributed by atoms with Crippen LogP contribution in [-0.4, -0.2) is 22.9 Å². The minimum Gasteiger partial charge on any atom is -0.481 e. The summed E-state index contributed by atoms with van der Waals surface area (Å²) in [4.78, 5) is 28.8. The molecule has 1 atom stereocenters. The van der Waals surface area contributed by atoms with Gasteiger partial charge >= 0.3 is 0 Å². The molecule has 1 aromatic heterocycles. The van der Waals surface area contributed by atoms with E-state index in [2.05, 4.69) is 15.6 Å². The van der Waals surface area contributed by atoms with Gasteiger partial charge in [-0.1, -0.05) is 18.2 Å². The highest BCUT2D eigenvalue weighted by Gasteiger charge is 2.17. The van der Waals surface area contributed by atoms with E-state index in [0.29, 0.717) is 22.1 Å². The number of amides is 2. The topological polar surface area (TPSA) is 80.3 Å². The number of carbonyl (C=O) groups is 2. The number of hydrogen-bond acceptors (Lipinski definition) is 5. The SMILES string of the molecule is Cc1ccc(C)c(OC(C)C(=O)Nc2cccc(C(=O)Nc3nccs3)c2)c1. The summed E-state index contributed by atoms with van der Waals surface area (Å²) in [5.74, 6) is 0.100. The highest BCUT2D eigenvalue weighted by Crippen LogP contribution is 2.21. The lowest BCUT2D eigenvalue weighted by Gasteiger charge is -2.17. The summed E-state index contributed by atoms with van der Waals surface area (Å²) in [5.41, 5.74) is 2.97. The highest BCUT2D eigenvalue weighted by molar-refractivity contribution is 7.13. The Kier molecular flexibility index (Phi) is 6.06. The second-order valence-corrected chi connectivity index (χ2v) is 7.29. The van der Waals surface area contributed by atoms with Gasteiger partial charge in [0.25, 0.3) is 11.8 Å². The smallest absolute Gasteiger partial charge is 0.265 e. The Labute approximate surface area is 167 Å². The Bertz CT molecular complexity index is 986. The summed E-state index contributed by atoms with van der Waals surface area (Å²) in [6.45, 7) is 5.60. The van der Waals surface area contributed by atoms with Crippen LogP contribution in [0.4, 0.5) is 10.8 Å². The predicted molar refractivity (Wildman–Crippen MR) is 111 cm³/mol. The monoisotopic (exact) mass is 395 g/mol. The third kappa shape index (κ3) is 4.95. The van der Waals surface area contributed by atoms with E-state index in [0.717, 1.165) is 11.1 Å². The Balaban J connectivity index is 1.65. The van der Waals surface area contributed by atoms with Crippen LogP contribution in [0.25, 0.3) is 0 Å². The van der Waals surface area contributed by atoms with Gasteiger partial charge in [0.2, 0.25) is 0 Å². The van der Waals surface area contributed by atoms with E-state index < -0.39 is 6.10 Å². The minimum atomic E-state index is -0.687. The fraction of sp³-hybridized carbons (Fsp3) is 0.190. The fourth-order valence-corrected chi connectivity index (χ4v) is 3.04. The molecular formula is C21H21N3O3S. The summed E-state index contributed by atoms with van der Waals surface area (Å²) in [7, 11) is 0. The predicted octanol–water partition coefficient (Wildman–Crippen LogP) is 4.42. The number of ether oxygens (including phenoxy) is 1. The third-order valence-corrected chi connectivity index (χ3v) is 4.75. The van der Waals surface area contributed by atoms with Crippen LogP contribution in [0.2, 0.25) is 0 Å². The van der Waals surface area contributed by atoms with Crippen molar-refractivity contribution in [2.24, 2.45) is 0 Å². The van der Waals surface area contributed by atoms with Crippen LogP contribution in [-0.2, 0) is 4.79 Å². The summed E-state index contributed by atoms with van der Waals surface area (Å²) >= 11 is 1.34. The number of benzene rings is 2. The standard InChI is InChI=1S/C21H21N3O3S/c1-13-7-8-14(2)18(11-13)27-15(3)19(25)23-17-6-4-5-16(12-17)20(26)24-21-22-9-10-28-21/h4-12,15H,1-3H3,(H,23,25)(H,22,24,26). The van der Waals surface area contributed by atoms with Gasteiger partial charge in [-0.25, -0.2) is 4.98 Å². The van der Waals surface area contributed by atoms with Gasteiger partial charge in [0.05, 0.1) is 0 Å². The van der Waals surface area contributed by atoms with Crippen LogP contribution in [0.15, 0.2) is 54.0 Å². The molecule has 6 nitrogen and oxygen atoms in total. The molecule has 0 spiro atoms. The number of hydrogen-bond donors (Lipinski definition) is 2. The maximum Gasteiger partial charge on any atom is 0.265 e. The molecule has 3 rings (SSSR count). The first kappa shape index (κ1) is 19.6. The molecule has 0 fully saturated rings. The Morgan fingerprint density at radius 3 is 2.68 bits per heavy atom. The molecular weight excluding hydrogens is 374 g/mol. The molecule has 2 N–H and O–H groups in total. The number of nitrogens with one attached hydrogen (secondary N) is 2. The molecule has 0 radical (unpaired) electrons. The second kappa shape index (κ2) is 8.67. The van der Waals surface area contributed by atoms with Crippen molar-refractivity contribution in [1.82, 2.24) is 4.98 Å². The molecule has 2 amide bonds. The van der Waals surface area contributed by atoms with Crippen LogP contribution in [0.1, 0.15) is 28.4 Å². The van der Waals surface area contributed by atoms with Crippen molar-refractivity contribution in [3.8, 4) is 5.75 Å². The summed E-state index contributed by atoms with van der Waals surface area (Å²) in [6, 6.07) is 12.6. The number of carbonyl (C=O) groups excluding carboxylic acids is 2. The zero-order chi connectivity index (χ0) is 20.1.